The lowest BCUT2D eigenvalue weighted by molar-refractivity contribution is -0.131. The van der Waals surface area contributed by atoms with Crippen LogP contribution in [0.25, 0.3) is 0 Å². The number of anilines is 1. The molecule has 0 radical (unpaired) electrons. The molecule has 2 unspecified atom stereocenters. The van der Waals surface area contributed by atoms with Crippen LogP contribution in [0.1, 0.15) is 36.1 Å². The van der Waals surface area contributed by atoms with Crippen molar-refractivity contribution in [3.8, 4) is 5.75 Å². The number of carbonyl (C=O) groups excluding carboxylic acids is 1. The van der Waals surface area contributed by atoms with Crippen molar-refractivity contribution in [3.05, 3.63) is 95.6 Å². The summed E-state index contributed by atoms with van der Waals surface area (Å²) in [5.74, 6) is -0.458. The summed E-state index contributed by atoms with van der Waals surface area (Å²) in [6.07, 6.45) is 0.0336. The smallest absolute Gasteiger partial charge is 0.233 e. The molecule has 4 atom stereocenters. The SMILES string of the molecule is O=C1[C@H](CC[C@H](O)c2ccc(F)cc2)C(c2ccc(OP)cc2)N1c1ccc(F)cc1. The van der Waals surface area contributed by atoms with Gasteiger partial charge in [0.05, 0.1) is 27.5 Å². The molecule has 0 saturated carbocycles. The molecule has 1 saturated heterocycles. The number of hydrogen-bond donors (Lipinski definition) is 1. The highest BCUT2D eigenvalue weighted by molar-refractivity contribution is 7.10. The molecule has 1 fully saturated rings. The number of β-lactam (4-membered cyclic amide) rings is 1. The van der Waals surface area contributed by atoms with Gasteiger partial charge < -0.3 is 14.5 Å². The van der Waals surface area contributed by atoms with E-state index in [0.717, 1.165) is 5.56 Å². The fourth-order valence-corrected chi connectivity index (χ4v) is 4.19. The zero-order valence-corrected chi connectivity index (χ0v) is 17.8. The van der Waals surface area contributed by atoms with Crippen molar-refractivity contribution < 1.29 is 23.2 Å². The van der Waals surface area contributed by atoms with Crippen LogP contribution < -0.4 is 9.42 Å². The van der Waals surface area contributed by atoms with Crippen molar-refractivity contribution in [1.82, 2.24) is 0 Å². The lowest BCUT2D eigenvalue weighted by Crippen LogP contribution is -2.55. The van der Waals surface area contributed by atoms with Gasteiger partial charge in [0.2, 0.25) is 5.91 Å². The van der Waals surface area contributed by atoms with Gasteiger partial charge in [-0.1, -0.05) is 24.3 Å². The van der Waals surface area contributed by atoms with Crippen LogP contribution in [0, 0.1) is 17.6 Å². The Morgan fingerprint density at radius 1 is 0.935 bits per heavy atom. The summed E-state index contributed by atoms with van der Waals surface area (Å²) in [5.41, 5.74) is 2.16. The van der Waals surface area contributed by atoms with Crippen LogP contribution in [0.5, 0.6) is 5.75 Å². The lowest BCUT2D eigenvalue weighted by atomic mass is 9.78. The highest BCUT2D eigenvalue weighted by atomic mass is 31.0. The summed E-state index contributed by atoms with van der Waals surface area (Å²) in [5, 5.41) is 10.5. The highest BCUT2D eigenvalue weighted by Crippen LogP contribution is 2.46. The maximum atomic E-state index is 13.4. The first-order valence-corrected chi connectivity index (χ1v) is 10.4. The van der Waals surface area contributed by atoms with E-state index < -0.39 is 6.10 Å². The molecule has 1 amide bonds. The fourth-order valence-electron chi connectivity index (χ4n) is 4.03. The van der Waals surface area contributed by atoms with Gasteiger partial charge in [-0.25, -0.2) is 8.78 Å². The molecule has 0 aromatic heterocycles. The van der Waals surface area contributed by atoms with Crippen LogP contribution in [0.4, 0.5) is 14.5 Å². The molecule has 1 aliphatic heterocycles. The number of aliphatic hydroxyl groups excluding tert-OH is 1. The molecule has 0 bridgehead atoms. The Hall–Kier alpha value is -2.82. The van der Waals surface area contributed by atoms with E-state index in [1.807, 2.05) is 24.3 Å². The fraction of sp³-hybridized carbons (Fsp3) is 0.208. The van der Waals surface area contributed by atoms with E-state index in [9.17, 15) is 18.7 Å². The second-order valence-electron chi connectivity index (χ2n) is 7.57. The van der Waals surface area contributed by atoms with Crippen molar-refractivity contribution >= 4 is 21.1 Å². The van der Waals surface area contributed by atoms with Gasteiger partial charge in [-0.2, -0.15) is 0 Å². The van der Waals surface area contributed by atoms with Crippen molar-refractivity contribution in [1.29, 1.82) is 0 Å². The first kappa shape index (κ1) is 21.4. The summed E-state index contributed by atoms with van der Waals surface area (Å²) >= 11 is 0. The zero-order chi connectivity index (χ0) is 22.0. The van der Waals surface area contributed by atoms with Gasteiger partial charge in [0, 0.05) is 5.69 Å². The Kier molecular flexibility index (Phi) is 6.30. The predicted octanol–water partition coefficient (Wildman–Crippen LogP) is 5.35. The van der Waals surface area contributed by atoms with Crippen LogP contribution >= 0.6 is 9.47 Å². The summed E-state index contributed by atoms with van der Waals surface area (Å²) in [7, 11) is 2.19. The minimum Gasteiger partial charge on any atom is -0.480 e. The van der Waals surface area contributed by atoms with Crippen molar-refractivity contribution in [2.24, 2.45) is 5.92 Å². The largest absolute Gasteiger partial charge is 0.480 e. The third-order valence-electron chi connectivity index (χ3n) is 5.68. The van der Waals surface area contributed by atoms with Crippen molar-refractivity contribution in [3.63, 3.8) is 0 Å². The van der Waals surface area contributed by atoms with Gasteiger partial charge in [0.15, 0.2) is 0 Å². The van der Waals surface area contributed by atoms with Gasteiger partial charge in [-0.3, -0.25) is 4.79 Å². The second kappa shape index (κ2) is 9.13. The Morgan fingerprint density at radius 2 is 1.52 bits per heavy atom. The van der Waals surface area contributed by atoms with E-state index in [4.69, 9.17) is 4.52 Å². The third-order valence-corrected chi connectivity index (χ3v) is 5.95. The number of amides is 1. The molecule has 31 heavy (non-hydrogen) atoms. The van der Waals surface area contributed by atoms with Crippen LogP contribution in [-0.4, -0.2) is 11.0 Å². The van der Waals surface area contributed by atoms with Crippen LogP contribution in [0.15, 0.2) is 72.8 Å². The molecule has 3 aromatic rings. The summed E-state index contributed by atoms with van der Waals surface area (Å²) < 4.78 is 31.7. The van der Waals surface area contributed by atoms with Crippen LogP contribution in [0.3, 0.4) is 0 Å². The average Bonchev–Trinajstić information content (AvgIpc) is 2.79. The van der Waals surface area contributed by atoms with Crippen LogP contribution in [0.2, 0.25) is 0 Å². The minimum atomic E-state index is -0.790. The number of carbonyl (C=O) groups is 1. The molecular weight excluding hydrogens is 419 g/mol. The average molecular weight is 441 g/mol. The lowest BCUT2D eigenvalue weighted by Gasteiger charge is -2.48. The monoisotopic (exact) mass is 441 g/mol. The zero-order valence-electron chi connectivity index (χ0n) is 16.6. The number of nitrogens with zero attached hydrogens (tertiary/aromatic N) is 1. The third kappa shape index (κ3) is 4.46. The molecule has 1 N–H and O–H groups in total. The Labute approximate surface area is 181 Å². The van der Waals surface area contributed by atoms with E-state index in [1.54, 1.807) is 29.2 Å². The molecular formula is C24H22F2NO3P. The molecule has 1 aliphatic rings. The number of halogens is 2. The topological polar surface area (TPSA) is 49.8 Å². The Bertz CT molecular complexity index is 1040. The first-order chi connectivity index (χ1) is 15.0. The number of hydrogen-bond acceptors (Lipinski definition) is 3. The minimum absolute atomic E-state index is 0.0747. The van der Waals surface area contributed by atoms with Gasteiger partial charge in [0.1, 0.15) is 17.4 Å². The summed E-state index contributed by atoms with van der Waals surface area (Å²) in [4.78, 5) is 14.7. The van der Waals surface area contributed by atoms with Gasteiger partial charge >= 0.3 is 0 Å². The standard InChI is InChI=1S/C24H22F2NO3P/c25-17-5-1-15(2-6-17)22(28)14-13-21-23(16-3-11-20(30-31)12-4-16)27(24(21)29)19-9-7-18(26)8-10-19/h1-12,21-23,28H,13-14,31H2/t21-,22+,23?/m1/s1. The van der Waals surface area contributed by atoms with Gasteiger partial charge in [-0.15, -0.1) is 0 Å². The Morgan fingerprint density at radius 3 is 2.10 bits per heavy atom. The normalized spacial score (nSPS) is 19.1. The van der Waals surface area contributed by atoms with E-state index in [2.05, 4.69) is 9.47 Å². The predicted molar refractivity (Wildman–Crippen MR) is 117 cm³/mol. The van der Waals surface area contributed by atoms with E-state index in [0.29, 0.717) is 29.8 Å². The molecule has 4 nitrogen and oxygen atoms in total. The number of aliphatic hydroxyl groups is 1. The molecule has 7 heteroatoms. The van der Waals surface area contributed by atoms with Gasteiger partial charge in [-0.05, 0) is 72.5 Å². The second-order valence-corrected chi connectivity index (χ2v) is 7.80. The molecule has 0 aliphatic carbocycles. The number of benzene rings is 3. The van der Waals surface area contributed by atoms with E-state index in [1.165, 1.54) is 24.3 Å². The number of rotatable bonds is 7. The first-order valence-electron chi connectivity index (χ1n) is 9.97. The van der Waals surface area contributed by atoms with Gasteiger partial charge in [0.25, 0.3) is 0 Å². The molecule has 0 spiro atoms. The molecule has 4 rings (SSSR count). The summed E-state index contributed by atoms with van der Waals surface area (Å²) in [6, 6.07) is 18.7. The molecule has 3 aromatic carbocycles. The Balaban J connectivity index is 1.55. The van der Waals surface area contributed by atoms with E-state index in [-0.39, 0.29) is 29.5 Å². The molecule has 1 heterocycles. The maximum Gasteiger partial charge on any atom is 0.233 e. The van der Waals surface area contributed by atoms with E-state index >= 15 is 0 Å². The van der Waals surface area contributed by atoms with Crippen molar-refractivity contribution in [2.45, 2.75) is 25.0 Å². The molecule has 160 valence electrons. The quantitative estimate of drug-likeness (QED) is 0.397. The van der Waals surface area contributed by atoms with Crippen molar-refractivity contribution in [2.75, 3.05) is 4.90 Å². The van der Waals surface area contributed by atoms with Crippen LogP contribution in [-0.2, 0) is 4.79 Å². The maximum absolute atomic E-state index is 13.4. The highest BCUT2D eigenvalue weighted by Gasteiger charge is 2.48. The summed E-state index contributed by atoms with van der Waals surface area (Å²) in [6.45, 7) is 0.